The number of hydrogen-bond donors (Lipinski definition) is 1. The van der Waals surface area contributed by atoms with Crippen molar-refractivity contribution >= 4 is 19.9 Å². The van der Waals surface area contributed by atoms with E-state index in [9.17, 15) is 16.8 Å². The van der Waals surface area contributed by atoms with Crippen molar-refractivity contribution in [2.45, 2.75) is 23.8 Å². The summed E-state index contributed by atoms with van der Waals surface area (Å²) in [6, 6.07) is 7.44. The lowest BCUT2D eigenvalue weighted by atomic mass is 10.2. The van der Waals surface area contributed by atoms with Gasteiger partial charge in [-0.1, -0.05) is 18.2 Å². The fourth-order valence-electron chi connectivity index (χ4n) is 2.00. The van der Waals surface area contributed by atoms with E-state index < -0.39 is 25.9 Å². The molecule has 0 amide bonds. The summed E-state index contributed by atoms with van der Waals surface area (Å²) < 4.78 is 49.4. The minimum absolute atomic E-state index is 0.112. The molecule has 0 radical (unpaired) electrons. The van der Waals surface area contributed by atoms with Gasteiger partial charge in [0.25, 0.3) is 0 Å². The molecule has 0 aliphatic carbocycles. The molecule has 0 saturated carbocycles. The van der Waals surface area contributed by atoms with Gasteiger partial charge in [0, 0.05) is 6.04 Å². The highest BCUT2D eigenvalue weighted by Gasteiger charge is 2.28. The highest BCUT2D eigenvalue weighted by Crippen LogP contribution is 2.15. The molecule has 5 nitrogen and oxygen atoms in total. The highest BCUT2D eigenvalue weighted by atomic mass is 32.2. The molecule has 2 rings (SSSR count). The molecule has 1 aromatic carbocycles. The molecule has 1 fully saturated rings. The van der Waals surface area contributed by atoms with Crippen LogP contribution >= 0.6 is 0 Å². The molecular weight excluding hydrogens is 274 g/mol. The van der Waals surface area contributed by atoms with Crippen molar-refractivity contribution in [2.24, 2.45) is 0 Å². The maximum atomic E-state index is 12.0. The summed E-state index contributed by atoms with van der Waals surface area (Å²) in [6.07, 6.45) is 1.07. The Balaban J connectivity index is 2.14. The third kappa shape index (κ3) is 3.30. The minimum atomic E-state index is -3.62. The van der Waals surface area contributed by atoms with E-state index in [0.29, 0.717) is 12.8 Å². The zero-order valence-electron chi connectivity index (χ0n) is 9.74. The van der Waals surface area contributed by atoms with Gasteiger partial charge in [-0.15, -0.1) is 0 Å². The Kier molecular flexibility index (Phi) is 3.74. The third-order valence-electron chi connectivity index (χ3n) is 2.84. The van der Waals surface area contributed by atoms with E-state index >= 15 is 0 Å². The molecule has 1 atom stereocenters. The molecule has 1 aliphatic rings. The van der Waals surface area contributed by atoms with Gasteiger partial charge >= 0.3 is 0 Å². The van der Waals surface area contributed by atoms with Crippen LogP contribution in [0.15, 0.2) is 35.2 Å². The molecule has 0 bridgehead atoms. The fraction of sp³-hybridized carbons (Fsp3) is 0.455. The Morgan fingerprint density at radius 2 is 1.83 bits per heavy atom. The first kappa shape index (κ1) is 13.5. The van der Waals surface area contributed by atoms with Crippen molar-refractivity contribution in [3.63, 3.8) is 0 Å². The lowest BCUT2D eigenvalue weighted by Crippen LogP contribution is -2.43. The van der Waals surface area contributed by atoms with Crippen molar-refractivity contribution in [3.8, 4) is 0 Å². The summed E-state index contributed by atoms with van der Waals surface area (Å²) in [6.45, 7) is 0. The zero-order valence-corrected chi connectivity index (χ0v) is 11.4. The van der Waals surface area contributed by atoms with Crippen molar-refractivity contribution in [3.05, 3.63) is 30.3 Å². The summed E-state index contributed by atoms with van der Waals surface area (Å²) in [4.78, 5) is 0.160. The molecular formula is C11H15NO4S2. The lowest BCUT2D eigenvalue weighted by Gasteiger charge is -2.22. The van der Waals surface area contributed by atoms with Crippen molar-refractivity contribution in [1.82, 2.24) is 4.72 Å². The van der Waals surface area contributed by atoms with Crippen LogP contribution in [-0.2, 0) is 19.9 Å². The zero-order chi connectivity index (χ0) is 13.2. The first-order chi connectivity index (χ1) is 8.39. The molecule has 1 aromatic rings. The Hall–Kier alpha value is -0.920. The van der Waals surface area contributed by atoms with Gasteiger partial charge in [0.05, 0.1) is 16.4 Å². The summed E-state index contributed by atoms with van der Waals surface area (Å²) in [7, 11) is -6.74. The molecule has 0 aromatic heterocycles. The second-order valence-corrected chi connectivity index (χ2v) is 8.33. The van der Waals surface area contributed by atoms with E-state index in [1.807, 2.05) is 0 Å². The van der Waals surface area contributed by atoms with Crippen LogP contribution in [0.1, 0.15) is 12.8 Å². The maximum Gasteiger partial charge on any atom is 0.240 e. The van der Waals surface area contributed by atoms with E-state index in [-0.39, 0.29) is 16.4 Å². The number of nitrogens with one attached hydrogen (secondary N) is 1. The lowest BCUT2D eigenvalue weighted by molar-refractivity contribution is 0.517. The summed E-state index contributed by atoms with van der Waals surface area (Å²) in [5.41, 5.74) is 0. The first-order valence-corrected chi connectivity index (χ1v) is 8.97. The van der Waals surface area contributed by atoms with Gasteiger partial charge in [-0.3, -0.25) is 0 Å². The molecule has 100 valence electrons. The first-order valence-electron chi connectivity index (χ1n) is 5.67. The van der Waals surface area contributed by atoms with Gasteiger partial charge in [0.1, 0.15) is 0 Å². The minimum Gasteiger partial charge on any atom is -0.229 e. The number of sulfonamides is 1. The Morgan fingerprint density at radius 3 is 2.44 bits per heavy atom. The van der Waals surface area contributed by atoms with Crippen LogP contribution in [0.3, 0.4) is 0 Å². The van der Waals surface area contributed by atoms with E-state index in [2.05, 4.69) is 4.72 Å². The van der Waals surface area contributed by atoms with Gasteiger partial charge in [0.15, 0.2) is 9.84 Å². The standard InChI is InChI=1S/C11H15NO4S2/c13-17(14)8-4-5-10(9-17)12-18(15,16)11-6-2-1-3-7-11/h1-3,6-7,10,12H,4-5,8-9H2. The molecule has 0 spiro atoms. The summed E-state index contributed by atoms with van der Waals surface area (Å²) >= 11 is 0. The van der Waals surface area contributed by atoms with Crippen molar-refractivity contribution < 1.29 is 16.8 Å². The molecule has 1 saturated heterocycles. The monoisotopic (exact) mass is 289 g/mol. The van der Waals surface area contributed by atoms with E-state index in [0.717, 1.165) is 0 Å². The second-order valence-electron chi connectivity index (χ2n) is 4.39. The molecule has 1 unspecified atom stereocenters. The van der Waals surface area contributed by atoms with E-state index in [1.54, 1.807) is 18.2 Å². The van der Waals surface area contributed by atoms with Crippen LogP contribution in [0, 0.1) is 0 Å². The smallest absolute Gasteiger partial charge is 0.229 e. The normalized spacial score (nSPS) is 23.7. The molecule has 1 aliphatic heterocycles. The number of rotatable bonds is 3. The second kappa shape index (κ2) is 4.99. The van der Waals surface area contributed by atoms with Crippen molar-refractivity contribution in [2.75, 3.05) is 11.5 Å². The molecule has 7 heteroatoms. The van der Waals surface area contributed by atoms with Gasteiger partial charge in [-0.2, -0.15) is 0 Å². The van der Waals surface area contributed by atoms with Gasteiger partial charge in [0.2, 0.25) is 10.0 Å². The average molecular weight is 289 g/mol. The van der Waals surface area contributed by atoms with Crippen molar-refractivity contribution in [1.29, 1.82) is 0 Å². The van der Waals surface area contributed by atoms with Gasteiger partial charge in [-0.25, -0.2) is 21.6 Å². The number of sulfone groups is 1. The van der Waals surface area contributed by atoms with Crippen LogP contribution in [0.4, 0.5) is 0 Å². The largest absolute Gasteiger partial charge is 0.240 e. The predicted octanol–water partition coefficient (Wildman–Crippen LogP) is 0.542. The quantitative estimate of drug-likeness (QED) is 0.881. The third-order valence-corrected chi connectivity index (χ3v) is 6.20. The fourth-order valence-corrected chi connectivity index (χ4v) is 5.04. The van der Waals surface area contributed by atoms with Crippen LogP contribution < -0.4 is 4.72 Å². The van der Waals surface area contributed by atoms with Crippen LogP contribution in [0.5, 0.6) is 0 Å². The summed E-state index contributed by atoms with van der Waals surface area (Å²) in [5, 5.41) is 0. The SMILES string of the molecule is O=S1(=O)CCCC(NS(=O)(=O)c2ccccc2)C1. The summed E-state index contributed by atoms with van der Waals surface area (Å²) in [5.74, 6) is 0.0373. The predicted molar refractivity (Wildman–Crippen MR) is 68.4 cm³/mol. The Labute approximate surface area is 107 Å². The number of benzene rings is 1. The molecule has 18 heavy (non-hydrogen) atoms. The Morgan fingerprint density at radius 1 is 1.17 bits per heavy atom. The van der Waals surface area contributed by atoms with Gasteiger partial charge < -0.3 is 0 Å². The van der Waals surface area contributed by atoms with Crippen LogP contribution in [0.2, 0.25) is 0 Å². The van der Waals surface area contributed by atoms with E-state index in [4.69, 9.17) is 0 Å². The topological polar surface area (TPSA) is 80.3 Å². The molecule has 1 heterocycles. The van der Waals surface area contributed by atoms with Crippen LogP contribution in [0.25, 0.3) is 0 Å². The number of hydrogen-bond acceptors (Lipinski definition) is 4. The Bertz CT molecular complexity index is 608. The maximum absolute atomic E-state index is 12.0. The highest BCUT2D eigenvalue weighted by molar-refractivity contribution is 7.91. The average Bonchev–Trinajstić information content (AvgIpc) is 2.28. The van der Waals surface area contributed by atoms with Crippen LogP contribution in [-0.4, -0.2) is 34.4 Å². The molecule has 1 N–H and O–H groups in total. The van der Waals surface area contributed by atoms with Gasteiger partial charge in [-0.05, 0) is 25.0 Å². The van der Waals surface area contributed by atoms with E-state index in [1.165, 1.54) is 12.1 Å².